The van der Waals surface area contributed by atoms with E-state index in [-0.39, 0.29) is 0 Å². The normalized spacial score (nSPS) is 8.43. The third-order valence-corrected chi connectivity index (χ3v) is 1.61. The van der Waals surface area contributed by atoms with E-state index in [9.17, 15) is 4.79 Å². The lowest BCUT2D eigenvalue weighted by molar-refractivity contribution is -0.114. The van der Waals surface area contributed by atoms with Crippen molar-refractivity contribution in [3.05, 3.63) is 42.0 Å². The number of benzene rings is 1. The van der Waals surface area contributed by atoms with Crippen molar-refractivity contribution in [2.45, 2.75) is 13.8 Å². The van der Waals surface area contributed by atoms with Crippen LogP contribution in [-0.4, -0.2) is 5.91 Å². The fourth-order valence-electron chi connectivity index (χ4n) is 0.587. The van der Waals surface area contributed by atoms with Crippen LogP contribution in [0.2, 0.25) is 0 Å². The molecule has 0 aromatic heterocycles. The summed E-state index contributed by atoms with van der Waals surface area (Å²) in [7, 11) is 0. The summed E-state index contributed by atoms with van der Waals surface area (Å²) in [6.45, 7) is 6.85. The van der Waals surface area contributed by atoms with Crippen molar-refractivity contribution in [2.75, 3.05) is 5.73 Å². The van der Waals surface area contributed by atoms with E-state index in [0.29, 0.717) is 5.57 Å². The van der Waals surface area contributed by atoms with E-state index < -0.39 is 5.91 Å². The molecule has 1 rings (SSSR count). The van der Waals surface area contributed by atoms with Crippen LogP contribution in [0.5, 0.6) is 0 Å². The van der Waals surface area contributed by atoms with Gasteiger partial charge >= 0.3 is 0 Å². The highest BCUT2D eigenvalue weighted by molar-refractivity contribution is 5.90. The molecule has 76 valence electrons. The Balaban J connectivity index is 0.000000255. The number of rotatable bonds is 1. The first-order valence-electron chi connectivity index (χ1n) is 4.21. The average molecular weight is 192 g/mol. The molecule has 3 nitrogen and oxygen atoms in total. The summed E-state index contributed by atoms with van der Waals surface area (Å²) in [4.78, 5) is 9.82. The lowest BCUT2D eigenvalue weighted by atomic mass is 10.2. The Kier molecular flexibility index (Phi) is 5.07. The summed E-state index contributed by atoms with van der Waals surface area (Å²) in [5.41, 5.74) is 12.6. The van der Waals surface area contributed by atoms with Crippen LogP contribution >= 0.6 is 0 Å². The zero-order chi connectivity index (χ0) is 11.1. The molecule has 1 aromatic carbocycles. The van der Waals surface area contributed by atoms with Gasteiger partial charge in [-0.2, -0.15) is 0 Å². The van der Waals surface area contributed by atoms with Crippen LogP contribution in [0.25, 0.3) is 0 Å². The Morgan fingerprint density at radius 3 is 2.00 bits per heavy atom. The second kappa shape index (κ2) is 5.80. The van der Waals surface area contributed by atoms with Gasteiger partial charge in [-0.1, -0.05) is 24.8 Å². The van der Waals surface area contributed by atoms with Crippen molar-refractivity contribution in [3.8, 4) is 0 Å². The summed E-state index contributed by atoms with van der Waals surface area (Å²) in [6.07, 6.45) is 0. The number of hydrogen-bond acceptors (Lipinski definition) is 2. The van der Waals surface area contributed by atoms with Gasteiger partial charge < -0.3 is 11.5 Å². The van der Waals surface area contributed by atoms with E-state index >= 15 is 0 Å². The summed E-state index contributed by atoms with van der Waals surface area (Å²) in [5, 5.41) is 0. The SMILES string of the molecule is C=C(C)C(N)=O.Cc1ccccc1N. The van der Waals surface area contributed by atoms with Crippen LogP contribution in [0.4, 0.5) is 5.69 Å². The molecule has 0 heterocycles. The largest absolute Gasteiger partial charge is 0.399 e. The molecule has 0 spiro atoms. The Labute approximate surface area is 84.4 Å². The Morgan fingerprint density at radius 1 is 1.36 bits per heavy atom. The number of para-hydroxylation sites is 1. The molecule has 0 atom stereocenters. The first kappa shape index (κ1) is 12.2. The Bertz CT molecular complexity index is 299. The van der Waals surface area contributed by atoms with Crippen LogP contribution in [-0.2, 0) is 4.79 Å². The van der Waals surface area contributed by atoms with E-state index in [0.717, 1.165) is 11.3 Å². The first-order chi connectivity index (χ1) is 6.45. The highest BCUT2D eigenvalue weighted by Crippen LogP contribution is 2.06. The third kappa shape index (κ3) is 4.98. The first-order valence-corrected chi connectivity index (χ1v) is 4.21. The molecule has 1 aromatic rings. The zero-order valence-corrected chi connectivity index (χ0v) is 8.58. The van der Waals surface area contributed by atoms with E-state index in [1.807, 2.05) is 31.2 Å². The molecule has 0 aliphatic carbocycles. The van der Waals surface area contributed by atoms with Crippen molar-refractivity contribution >= 4 is 11.6 Å². The number of amides is 1. The fraction of sp³-hybridized carbons (Fsp3) is 0.182. The number of nitrogen functional groups attached to an aromatic ring is 1. The number of aryl methyl sites for hydroxylation is 1. The minimum Gasteiger partial charge on any atom is -0.399 e. The lowest BCUT2D eigenvalue weighted by Crippen LogP contribution is -2.10. The van der Waals surface area contributed by atoms with Crippen LogP contribution in [0.1, 0.15) is 12.5 Å². The molecule has 14 heavy (non-hydrogen) atoms. The highest BCUT2D eigenvalue weighted by atomic mass is 16.1. The van der Waals surface area contributed by atoms with E-state index in [1.165, 1.54) is 0 Å². The molecule has 0 unspecified atom stereocenters. The van der Waals surface area contributed by atoms with Crippen molar-refractivity contribution in [3.63, 3.8) is 0 Å². The van der Waals surface area contributed by atoms with Crippen LogP contribution in [0.15, 0.2) is 36.4 Å². The van der Waals surface area contributed by atoms with E-state index in [4.69, 9.17) is 11.5 Å². The van der Waals surface area contributed by atoms with Gasteiger partial charge in [0.25, 0.3) is 0 Å². The maximum absolute atomic E-state index is 9.82. The molecule has 1 amide bonds. The summed E-state index contributed by atoms with van der Waals surface area (Å²) in [5.74, 6) is -0.435. The quantitative estimate of drug-likeness (QED) is 0.524. The second-order valence-electron chi connectivity index (χ2n) is 3.00. The van der Waals surface area contributed by atoms with Gasteiger partial charge in [-0.15, -0.1) is 0 Å². The molecule has 4 N–H and O–H groups in total. The monoisotopic (exact) mass is 192 g/mol. The molecule has 0 bridgehead atoms. The van der Waals surface area contributed by atoms with Crippen molar-refractivity contribution in [1.29, 1.82) is 0 Å². The van der Waals surface area contributed by atoms with Gasteiger partial charge in [0.05, 0.1) is 0 Å². The van der Waals surface area contributed by atoms with Gasteiger partial charge in [-0.25, -0.2) is 0 Å². The number of hydrogen-bond donors (Lipinski definition) is 2. The number of primary amides is 1. The molecular weight excluding hydrogens is 176 g/mol. The van der Waals surface area contributed by atoms with Gasteiger partial charge in [0.2, 0.25) is 5.91 Å². The summed E-state index contributed by atoms with van der Waals surface area (Å²) >= 11 is 0. The van der Waals surface area contributed by atoms with Gasteiger partial charge in [0.1, 0.15) is 0 Å². The van der Waals surface area contributed by atoms with Gasteiger partial charge in [0.15, 0.2) is 0 Å². The second-order valence-corrected chi connectivity index (χ2v) is 3.00. The predicted octanol–water partition coefficient (Wildman–Crippen LogP) is 1.63. The van der Waals surface area contributed by atoms with Crippen molar-refractivity contribution < 1.29 is 4.79 Å². The molecule has 0 aliphatic rings. The lowest BCUT2D eigenvalue weighted by Gasteiger charge is -1.93. The minimum atomic E-state index is -0.435. The highest BCUT2D eigenvalue weighted by Gasteiger charge is 1.86. The fourth-order valence-corrected chi connectivity index (χ4v) is 0.587. The minimum absolute atomic E-state index is 0.398. The summed E-state index contributed by atoms with van der Waals surface area (Å²) in [6, 6.07) is 7.80. The van der Waals surface area contributed by atoms with Crippen LogP contribution < -0.4 is 11.5 Å². The average Bonchev–Trinajstić information content (AvgIpc) is 2.11. The van der Waals surface area contributed by atoms with Crippen molar-refractivity contribution in [2.24, 2.45) is 5.73 Å². The van der Waals surface area contributed by atoms with Crippen LogP contribution in [0, 0.1) is 6.92 Å². The van der Waals surface area contributed by atoms with Crippen LogP contribution in [0.3, 0.4) is 0 Å². The van der Waals surface area contributed by atoms with Crippen molar-refractivity contribution in [1.82, 2.24) is 0 Å². The zero-order valence-electron chi connectivity index (χ0n) is 8.58. The Morgan fingerprint density at radius 2 is 1.79 bits per heavy atom. The number of nitrogens with two attached hydrogens (primary N) is 2. The number of carbonyl (C=O) groups excluding carboxylic acids is 1. The molecule has 0 radical (unpaired) electrons. The maximum Gasteiger partial charge on any atom is 0.243 e. The van der Waals surface area contributed by atoms with E-state index in [1.54, 1.807) is 6.92 Å². The number of anilines is 1. The molecule has 0 saturated heterocycles. The Hall–Kier alpha value is -1.77. The van der Waals surface area contributed by atoms with Gasteiger partial charge in [-0.05, 0) is 25.5 Å². The molecule has 0 fully saturated rings. The summed E-state index contributed by atoms with van der Waals surface area (Å²) < 4.78 is 0. The standard InChI is InChI=1S/C7H9N.C4H7NO/c1-6-4-2-3-5-7(6)8;1-3(2)4(5)6/h2-5H,8H2,1H3;1H2,2H3,(H2,5,6). The maximum atomic E-state index is 9.82. The van der Waals surface area contributed by atoms with Gasteiger partial charge in [-0.3, -0.25) is 4.79 Å². The topological polar surface area (TPSA) is 69.1 Å². The molecule has 0 saturated carbocycles. The third-order valence-electron chi connectivity index (χ3n) is 1.61. The smallest absolute Gasteiger partial charge is 0.243 e. The molecular formula is C11H16N2O. The molecule has 3 heteroatoms. The predicted molar refractivity (Wildman–Crippen MR) is 59.6 cm³/mol. The van der Waals surface area contributed by atoms with E-state index in [2.05, 4.69) is 6.58 Å². The van der Waals surface area contributed by atoms with Gasteiger partial charge in [0, 0.05) is 11.3 Å². The molecule has 0 aliphatic heterocycles. The number of carbonyl (C=O) groups is 1.